The number of carbonyl (C=O) groups is 2. The van der Waals surface area contributed by atoms with E-state index in [2.05, 4.69) is 15.6 Å². The van der Waals surface area contributed by atoms with Crippen molar-refractivity contribution in [3.63, 3.8) is 0 Å². The molecule has 0 bridgehead atoms. The van der Waals surface area contributed by atoms with E-state index in [1.807, 2.05) is 44.2 Å². The Morgan fingerprint density at radius 1 is 1.00 bits per heavy atom. The monoisotopic (exact) mass is 393 g/mol. The van der Waals surface area contributed by atoms with E-state index in [0.717, 1.165) is 16.7 Å². The normalized spacial score (nSPS) is 10.4. The van der Waals surface area contributed by atoms with E-state index in [4.69, 9.17) is 11.6 Å². The number of aromatic nitrogens is 1. The maximum absolute atomic E-state index is 12.5. The summed E-state index contributed by atoms with van der Waals surface area (Å²) < 4.78 is 0. The Morgan fingerprint density at radius 3 is 2.57 bits per heavy atom. The number of amides is 2. The molecular formula is C22H20ClN3O2. The van der Waals surface area contributed by atoms with Gasteiger partial charge in [0.05, 0.1) is 0 Å². The van der Waals surface area contributed by atoms with Crippen molar-refractivity contribution in [2.45, 2.75) is 20.4 Å². The van der Waals surface area contributed by atoms with Gasteiger partial charge < -0.3 is 10.6 Å². The van der Waals surface area contributed by atoms with Gasteiger partial charge in [-0.3, -0.25) is 14.6 Å². The van der Waals surface area contributed by atoms with E-state index in [9.17, 15) is 9.59 Å². The lowest BCUT2D eigenvalue weighted by molar-refractivity contribution is 0.0946. The highest BCUT2D eigenvalue weighted by Crippen LogP contribution is 2.20. The van der Waals surface area contributed by atoms with Crippen molar-refractivity contribution in [2.24, 2.45) is 0 Å². The fourth-order valence-electron chi connectivity index (χ4n) is 2.66. The third-order valence-electron chi connectivity index (χ3n) is 4.22. The van der Waals surface area contributed by atoms with E-state index >= 15 is 0 Å². The molecule has 5 nitrogen and oxygen atoms in total. The highest BCUT2D eigenvalue weighted by molar-refractivity contribution is 6.31. The number of hydrogen-bond acceptors (Lipinski definition) is 3. The van der Waals surface area contributed by atoms with Gasteiger partial charge in [-0.25, -0.2) is 0 Å². The van der Waals surface area contributed by atoms with Gasteiger partial charge in [-0.15, -0.1) is 0 Å². The van der Waals surface area contributed by atoms with Crippen molar-refractivity contribution in [3.8, 4) is 0 Å². The van der Waals surface area contributed by atoms with E-state index < -0.39 is 0 Å². The molecule has 0 spiro atoms. The Morgan fingerprint density at radius 2 is 1.82 bits per heavy atom. The van der Waals surface area contributed by atoms with Gasteiger partial charge in [-0.05, 0) is 49.2 Å². The van der Waals surface area contributed by atoms with Crippen molar-refractivity contribution >= 4 is 29.1 Å². The molecule has 28 heavy (non-hydrogen) atoms. The Bertz CT molecular complexity index is 1030. The number of nitrogens with one attached hydrogen (secondary N) is 2. The molecule has 2 aromatic carbocycles. The molecule has 0 saturated carbocycles. The second kappa shape index (κ2) is 8.67. The van der Waals surface area contributed by atoms with Crippen molar-refractivity contribution < 1.29 is 9.59 Å². The van der Waals surface area contributed by atoms with Crippen LogP contribution >= 0.6 is 11.6 Å². The second-order valence-electron chi connectivity index (χ2n) is 6.52. The summed E-state index contributed by atoms with van der Waals surface area (Å²) in [4.78, 5) is 29.0. The van der Waals surface area contributed by atoms with Crippen molar-refractivity contribution in [1.29, 1.82) is 0 Å². The van der Waals surface area contributed by atoms with Gasteiger partial charge >= 0.3 is 0 Å². The predicted molar refractivity (Wildman–Crippen MR) is 111 cm³/mol. The molecule has 0 aliphatic carbocycles. The summed E-state index contributed by atoms with van der Waals surface area (Å²) in [6, 6.07) is 16.2. The third-order valence-corrected chi connectivity index (χ3v) is 4.63. The lowest BCUT2D eigenvalue weighted by Gasteiger charge is -2.09. The first kappa shape index (κ1) is 19.6. The van der Waals surface area contributed by atoms with Crippen LogP contribution in [0.1, 0.15) is 37.5 Å². The highest BCUT2D eigenvalue weighted by Gasteiger charge is 2.12. The summed E-state index contributed by atoms with van der Waals surface area (Å²) in [7, 11) is 0. The van der Waals surface area contributed by atoms with Crippen LogP contribution in [0, 0.1) is 13.8 Å². The molecule has 2 N–H and O–H groups in total. The number of pyridine rings is 1. The fourth-order valence-corrected chi connectivity index (χ4v) is 2.85. The number of halogens is 1. The number of carbonyl (C=O) groups excluding carboxylic acids is 2. The molecule has 0 unspecified atom stereocenters. The van der Waals surface area contributed by atoms with E-state index in [0.29, 0.717) is 22.8 Å². The molecule has 6 heteroatoms. The maximum atomic E-state index is 12.5. The Kier molecular flexibility index (Phi) is 6.06. The van der Waals surface area contributed by atoms with E-state index in [1.54, 1.807) is 18.2 Å². The summed E-state index contributed by atoms with van der Waals surface area (Å²) in [5, 5.41) is 6.17. The average molecular weight is 394 g/mol. The highest BCUT2D eigenvalue weighted by atomic mass is 35.5. The number of aryl methyl sites for hydroxylation is 2. The van der Waals surface area contributed by atoms with Gasteiger partial charge in [0, 0.05) is 29.0 Å². The minimum atomic E-state index is -0.338. The second-order valence-corrected chi connectivity index (χ2v) is 6.93. The average Bonchev–Trinajstić information content (AvgIpc) is 2.69. The zero-order valence-electron chi connectivity index (χ0n) is 15.6. The predicted octanol–water partition coefficient (Wildman–Crippen LogP) is 4.53. The first-order valence-electron chi connectivity index (χ1n) is 8.79. The molecule has 1 heterocycles. The molecule has 142 valence electrons. The lowest BCUT2D eigenvalue weighted by Crippen LogP contribution is -2.24. The Labute approximate surface area is 168 Å². The van der Waals surface area contributed by atoms with Crippen LogP contribution in [0.4, 0.5) is 5.69 Å². The minimum Gasteiger partial charge on any atom is -0.347 e. The Hall–Kier alpha value is -3.18. The van der Waals surface area contributed by atoms with Crippen molar-refractivity contribution in [1.82, 2.24) is 10.3 Å². The Balaban J connectivity index is 1.67. The van der Waals surface area contributed by atoms with Gasteiger partial charge in [-0.2, -0.15) is 0 Å². The maximum Gasteiger partial charge on any atom is 0.270 e. The first-order valence-corrected chi connectivity index (χ1v) is 9.17. The van der Waals surface area contributed by atoms with Crippen LogP contribution in [0.15, 0.2) is 60.8 Å². The molecule has 0 radical (unpaired) electrons. The molecule has 0 aliphatic rings. The van der Waals surface area contributed by atoms with Crippen LogP contribution < -0.4 is 10.6 Å². The van der Waals surface area contributed by atoms with Gasteiger partial charge in [0.15, 0.2) is 0 Å². The first-order chi connectivity index (χ1) is 13.4. The van der Waals surface area contributed by atoms with Crippen LogP contribution in [0.3, 0.4) is 0 Å². The molecule has 1 aromatic heterocycles. The number of benzene rings is 2. The minimum absolute atomic E-state index is 0.183. The standard InChI is InChI=1S/C22H20ClN3O2/c1-14-4-3-5-16(10-14)13-25-22(28)20-11-17(8-9-24-20)21(27)26-18-7-6-15(2)19(23)12-18/h3-12H,13H2,1-2H3,(H,25,28)(H,26,27). The lowest BCUT2D eigenvalue weighted by atomic mass is 10.1. The molecule has 0 fully saturated rings. The summed E-state index contributed by atoms with van der Waals surface area (Å²) in [5.41, 5.74) is 4.16. The smallest absolute Gasteiger partial charge is 0.270 e. The molecular weight excluding hydrogens is 374 g/mol. The number of nitrogens with zero attached hydrogens (tertiary/aromatic N) is 1. The van der Waals surface area contributed by atoms with E-state index in [-0.39, 0.29) is 17.5 Å². The molecule has 2 amide bonds. The zero-order valence-corrected chi connectivity index (χ0v) is 16.4. The molecule has 0 aliphatic heterocycles. The van der Waals surface area contributed by atoms with Gasteiger partial charge in [0.25, 0.3) is 11.8 Å². The molecule has 0 atom stereocenters. The summed E-state index contributed by atoms with van der Waals surface area (Å²) in [6.07, 6.45) is 1.44. The van der Waals surface area contributed by atoms with Crippen LogP contribution in [-0.4, -0.2) is 16.8 Å². The van der Waals surface area contributed by atoms with Crippen molar-refractivity contribution in [3.05, 3.63) is 93.8 Å². The largest absolute Gasteiger partial charge is 0.347 e. The fraction of sp³-hybridized carbons (Fsp3) is 0.136. The van der Waals surface area contributed by atoms with Crippen LogP contribution in [-0.2, 0) is 6.54 Å². The number of anilines is 1. The third kappa shape index (κ3) is 4.96. The van der Waals surface area contributed by atoms with E-state index in [1.165, 1.54) is 12.3 Å². The van der Waals surface area contributed by atoms with Crippen molar-refractivity contribution in [2.75, 3.05) is 5.32 Å². The topological polar surface area (TPSA) is 71.1 Å². The van der Waals surface area contributed by atoms with Gasteiger partial charge in [0.2, 0.25) is 0 Å². The zero-order chi connectivity index (χ0) is 20.1. The van der Waals surface area contributed by atoms with Crippen LogP contribution in [0.5, 0.6) is 0 Å². The summed E-state index contributed by atoms with van der Waals surface area (Å²) >= 11 is 6.09. The molecule has 3 rings (SSSR count). The SMILES string of the molecule is Cc1cccc(CNC(=O)c2cc(C(=O)Nc3ccc(C)c(Cl)c3)ccn2)c1. The molecule has 0 saturated heterocycles. The number of rotatable bonds is 5. The van der Waals surface area contributed by atoms with Gasteiger partial charge in [0.1, 0.15) is 5.69 Å². The van der Waals surface area contributed by atoms with Gasteiger partial charge in [-0.1, -0.05) is 47.5 Å². The quantitative estimate of drug-likeness (QED) is 0.668. The summed E-state index contributed by atoms with van der Waals surface area (Å²) in [5.74, 6) is -0.676. The molecule has 3 aromatic rings. The van der Waals surface area contributed by atoms with Crippen LogP contribution in [0.2, 0.25) is 5.02 Å². The summed E-state index contributed by atoms with van der Waals surface area (Å²) in [6.45, 7) is 4.27. The van der Waals surface area contributed by atoms with Crippen LogP contribution in [0.25, 0.3) is 0 Å². The number of hydrogen-bond donors (Lipinski definition) is 2.